The molecule has 2 saturated heterocycles. The Morgan fingerprint density at radius 1 is 1.06 bits per heavy atom. The van der Waals surface area contributed by atoms with Gasteiger partial charge in [0.05, 0.1) is 30.8 Å². The molecule has 9 nitrogen and oxygen atoms in total. The summed E-state index contributed by atoms with van der Waals surface area (Å²) < 4.78 is 42.7. The molecule has 0 bridgehead atoms. The van der Waals surface area contributed by atoms with Crippen LogP contribution in [0.3, 0.4) is 0 Å². The number of hydrogen-bond donors (Lipinski definition) is 2. The predicted molar refractivity (Wildman–Crippen MR) is 130 cm³/mol. The second-order valence-electron chi connectivity index (χ2n) is 8.84. The molecule has 6 rings (SSSR count). The number of anilines is 2. The van der Waals surface area contributed by atoms with Crippen LogP contribution >= 0.6 is 0 Å². The molecule has 5 heterocycles. The summed E-state index contributed by atoms with van der Waals surface area (Å²) in [7, 11) is 0. The van der Waals surface area contributed by atoms with Crippen molar-refractivity contribution in [2.24, 2.45) is 0 Å². The summed E-state index contributed by atoms with van der Waals surface area (Å²) in [6.07, 6.45) is 5.18. The minimum atomic E-state index is -0.586. The topological polar surface area (TPSA) is 89.4 Å². The van der Waals surface area contributed by atoms with Crippen molar-refractivity contribution in [3.05, 3.63) is 66.1 Å². The number of benzene rings is 1. The van der Waals surface area contributed by atoms with Gasteiger partial charge in [-0.05, 0) is 24.3 Å². The summed E-state index contributed by atoms with van der Waals surface area (Å²) >= 11 is 0. The lowest BCUT2D eigenvalue weighted by molar-refractivity contribution is 0.0332. The van der Waals surface area contributed by atoms with Gasteiger partial charge in [-0.25, -0.2) is 18.7 Å². The highest BCUT2D eigenvalue weighted by molar-refractivity contribution is 5.78. The number of aromatic nitrogens is 4. The highest BCUT2D eigenvalue weighted by Gasteiger charge is 2.20. The molecule has 0 atom stereocenters. The van der Waals surface area contributed by atoms with E-state index < -0.39 is 11.6 Å². The van der Waals surface area contributed by atoms with Gasteiger partial charge in [0.15, 0.2) is 0 Å². The summed E-state index contributed by atoms with van der Waals surface area (Å²) in [5.41, 5.74) is 1.63. The van der Waals surface area contributed by atoms with Gasteiger partial charge in [-0.3, -0.25) is 4.90 Å². The third kappa shape index (κ3) is 4.72. The molecule has 0 saturated carbocycles. The molecule has 0 aliphatic carbocycles. The van der Waals surface area contributed by atoms with Crippen LogP contribution in [0.1, 0.15) is 5.56 Å². The van der Waals surface area contributed by atoms with Gasteiger partial charge in [0.1, 0.15) is 23.4 Å². The van der Waals surface area contributed by atoms with E-state index in [2.05, 4.69) is 25.6 Å². The van der Waals surface area contributed by atoms with Crippen LogP contribution in [0.2, 0.25) is 0 Å². The van der Waals surface area contributed by atoms with Gasteiger partial charge < -0.3 is 24.7 Å². The molecular formula is C25H25F2N7O2. The largest absolute Gasteiger partial charge is 0.472 e. The standard InChI is InChI=1S/C25H25F2N7O2/c26-21-9-18(10-22(27)20(21)15-33-5-7-35-8-6-33)34-4-3-16-11-30-25(32-24(16)34)31-17-1-2-23(29-12-17)36-19-13-28-14-19/h1-4,9-12,19,28H,5-8,13-15H2,(H,30,31,32). The maximum Gasteiger partial charge on any atom is 0.229 e. The number of pyridine rings is 1. The number of fused-ring (bicyclic) bond motifs is 1. The first-order valence-corrected chi connectivity index (χ1v) is 11.9. The zero-order chi connectivity index (χ0) is 24.5. The number of nitrogens with zero attached hydrogens (tertiary/aromatic N) is 5. The van der Waals surface area contributed by atoms with Crippen LogP contribution in [0, 0.1) is 11.6 Å². The van der Waals surface area contributed by atoms with Crippen molar-refractivity contribution in [3.8, 4) is 11.6 Å². The van der Waals surface area contributed by atoms with E-state index in [-0.39, 0.29) is 18.2 Å². The van der Waals surface area contributed by atoms with Crippen molar-refractivity contribution in [2.75, 3.05) is 44.7 Å². The second kappa shape index (κ2) is 9.76. The molecule has 36 heavy (non-hydrogen) atoms. The Bertz CT molecular complexity index is 1350. The lowest BCUT2D eigenvalue weighted by Crippen LogP contribution is -2.50. The Kier molecular flexibility index (Phi) is 6.18. The number of rotatable bonds is 7. The van der Waals surface area contributed by atoms with Crippen molar-refractivity contribution in [3.63, 3.8) is 0 Å². The number of nitrogens with one attached hydrogen (secondary N) is 2. The Balaban J connectivity index is 1.22. The molecule has 2 aliphatic rings. The predicted octanol–water partition coefficient (Wildman–Crippen LogP) is 3.02. The molecule has 2 aliphatic heterocycles. The molecule has 11 heteroatoms. The Hall–Kier alpha value is -3.67. The number of hydrogen-bond acceptors (Lipinski definition) is 8. The van der Waals surface area contributed by atoms with Crippen molar-refractivity contribution in [2.45, 2.75) is 12.6 Å². The maximum atomic E-state index is 15.0. The summed E-state index contributed by atoms with van der Waals surface area (Å²) in [6, 6.07) is 8.10. The van der Waals surface area contributed by atoms with Gasteiger partial charge in [0.2, 0.25) is 11.8 Å². The number of morpholine rings is 1. The van der Waals surface area contributed by atoms with Crippen LogP contribution in [0.25, 0.3) is 16.7 Å². The second-order valence-corrected chi connectivity index (χ2v) is 8.84. The quantitative estimate of drug-likeness (QED) is 0.406. The van der Waals surface area contributed by atoms with E-state index in [0.717, 1.165) is 18.5 Å². The van der Waals surface area contributed by atoms with Crippen LogP contribution in [-0.2, 0) is 11.3 Å². The van der Waals surface area contributed by atoms with Gasteiger partial charge in [-0.2, -0.15) is 4.98 Å². The third-order valence-electron chi connectivity index (χ3n) is 6.34. The summed E-state index contributed by atoms with van der Waals surface area (Å²) in [5, 5.41) is 7.01. The normalized spacial score (nSPS) is 16.7. The molecule has 2 N–H and O–H groups in total. The van der Waals surface area contributed by atoms with E-state index in [4.69, 9.17) is 9.47 Å². The summed E-state index contributed by atoms with van der Waals surface area (Å²) in [5.74, 6) is -0.280. The fourth-order valence-electron chi connectivity index (χ4n) is 4.22. The highest BCUT2D eigenvalue weighted by Crippen LogP contribution is 2.25. The molecule has 0 unspecified atom stereocenters. The van der Waals surface area contributed by atoms with Gasteiger partial charge in [-0.15, -0.1) is 0 Å². The molecule has 2 fully saturated rings. The first kappa shape index (κ1) is 22.8. The summed E-state index contributed by atoms with van der Waals surface area (Å²) in [6.45, 7) is 4.29. The van der Waals surface area contributed by atoms with Crippen LogP contribution in [0.15, 0.2) is 48.9 Å². The Labute approximate surface area is 206 Å². The van der Waals surface area contributed by atoms with Crippen LogP contribution in [0.4, 0.5) is 20.4 Å². The first-order valence-electron chi connectivity index (χ1n) is 11.9. The lowest BCUT2D eigenvalue weighted by atomic mass is 10.1. The van der Waals surface area contributed by atoms with E-state index in [1.54, 1.807) is 35.3 Å². The monoisotopic (exact) mass is 493 g/mol. The summed E-state index contributed by atoms with van der Waals surface area (Å²) in [4.78, 5) is 15.2. The SMILES string of the molecule is Fc1cc(-n2ccc3cnc(Nc4ccc(OC5CNC5)nc4)nc32)cc(F)c1CN1CCOCC1. The van der Waals surface area contributed by atoms with Crippen molar-refractivity contribution < 1.29 is 18.3 Å². The van der Waals surface area contributed by atoms with Crippen molar-refractivity contribution >= 4 is 22.7 Å². The molecule has 1 aromatic carbocycles. The Morgan fingerprint density at radius 2 is 1.86 bits per heavy atom. The third-order valence-corrected chi connectivity index (χ3v) is 6.34. The number of ether oxygens (including phenoxy) is 2. The molecule has 0 spiro atoms. The van der Waals surface area contributed by atoms with Crippen LogP contribution < -0.4 is 15.4 Å². The molecular weight excluding hydrogens is 468 g/mol. The molecule has 0 amide bonds. The first-order chi connectivity index (χ1) is 17.6. The van der Waals surface area contributed by atoms with Crippen molar-refractivity contribution in [1.29, 1.82) is 0 Å². The van der Waals surface area contributed by atoms with Gasteiger partial charge in [0, 0.05) is 62.1 Å². The van der Waals surface area contributed by atoms with E-state index in [0.29, 0.717) is 55.2 Å². The van der Waals surface area contributed by atoms with E-state index in [9.17, 15) is 8.78 Å². The van der Waals surface area contributed by atoms with Crippen LogP contribution in [0.5, 0.6) is 5.88 Å². The zero-order valence-corrected chi connectivity index (χ0v) is 19.5. The average molecular weight is 494 g/mol. The van der Waals surface area contributed by atoms with E-state index >= 15 is 0 Å². The van der Waals surface area contributed by atoms with Crippen LogP contribution in [-0.4, -0.2) is 69.9 Å². The van der Waals surface area contributed by atoms with Gasteiger partial charge in [-0.1, -0.05) is 0 Å². The molecule has 0 radical (unpaired) electrons. The smallest absolute Gasteiger partial charge is 0.229 e. The number of halogens is 2. The average Bonchev–Trinajstić information content (AvgIpc) is 3.28. The van der Waals surface area contributed by atoms with E-state index in [1.807, 2.05) is 11.0 Å². The van der Waals surface area contributed by atoms with E-state index in [1.165, 1.54) is 12.1 Å². The lowest BCUT2D eigenvalue weighted by Gasteiger charge is -2.27. The maximum absolute atomic E-state index is 15.0. The molecule has 186 valence electrons. The van der Waals surface area contributed by atoms with Gasteiger partial charge in [0.25, 0.3) is 0 Å². The van der Waals surface area contributed by atoms with Crippen molar-refractivity contribution in [1.82, 2.24) is 29.7 Å². The fraction of sp³-hybridized carbons (Fsp3) is 0.320. The highest BCUT2D eigenvalue weighted by atomic mass is 19.1. The molecule has 4 aromatic rings. The van der Waals surface area contributed by atoms with Gasteiger partial charge >= 0.3 is 0 Å². The zero-order valence-electron chi connectivity index (χ0n) is 19.5. The minimum Gasteiger partial charge on any atom is -0.472 e. The minimum absolute atomic E-state index is 0.0580. The molecule has 3 aromatic heterocycles. The fourth-order valence-corrected chi connectivity index (χ4v) is 4.22. The Morgan fingerprint density at radius 3 is 2.56 bits per heavy atom.